The highest BCUT2D eigenvalue weighted by atomic mass is 16.5. The van der Waals surface area contributed by atoms with Crippen LogP contribution in [-0.2, 0) is 11.2 Å². The lowest BCUT2D eigenvalue weighted by Crippen LogP contribution is -2.48. The molecule has 1 aromatic heterocycles. The largest absolute Gasteiger partial charge is 0.394 e. The molecule has 0 saturated carbocycles. The van der Waals surface area contributed by atoms with Gasteiger partial charge in [0.05, 0.1) is 18.8 Å². The summed E-state index contributed by atoms with van der Waals surface area (Å²) < 4.78 is 5.61. The zero-order valence-electron chi connectivity index (χ0n) is 10.2. The quantitative estimate of drug-likeness (QED) is 0.836. The number of nitrogens with zero attached hydrogens (tertiary/aromatic N) is 2. The summed E-state index contributed by atoms with van der Waals surface area (Å²) in [6, 6.07) is 6.00. The fourth-order valence-electron chi connectivity index (χ4n) is 2.24. The van der Waals surface area contributed by atoms with E-state index in [0.29, 0.717) is 0 Å². The number of morpholine rings is 1. The second-order valence-corrected chi connectivity index (χ2v) is 4.58. The van der Waals surface area contributed by atoms with Crippen LogP contribution in [0.15, 0.2) is 24.4 Å². The number of aliphatic hydroxyl groups excluding tert-OH is 1. The molecule has 0 amide bonds. The van der Waals surface area contributed by atoms with Crippen LogP contribution >= 0.6 is 0 Å². The average molecular weight is 236 g/mol. The molecular weight excluding hydrogens is 216 g/mol. The molecule has 17 heavy (non-hydrogen) atoms. The van der Waals surface area contributed by atoms with Gasteiger partial charge in [-0.3, -0.25) is 9.88 Å². The van der Waals surface area contributed by atoms with Crippen LogP contribution in [0.1, 0.15) is 12.6 Å². The highest BCUT2D eigenvalue weighted by Crippen LogP contribution is 2.11. The Morgan fingerprint density at radius 2 is 2.35 bits per heavy atom. The molecule has 2 heterocycles. The van der Waals surface area contributed by atoms with Crippen molar-refractivity contribution >= 4 is 0 Å². The van der Waals surface area contributed by atoms with E-state index in [9.17, 15) is 0 Å². The van der Waals surface area contributed by atoms with Gasteiger partial charge in [-0.25, -0.2) is 0 Å². The number of hydrogen-bond acceptors (Lipinski definition) is 4. The molecule has 2 atom stereocenters. The SMILES string of the molecule is CC1CN(CCc2ccccn2)CC(CO)O1. The number of aromatic nitrogens is 1. The van der Waals surface area contributed by atoms with E-state index in [4.69, 9.17) is 9.84 Å². The van der Waals surface area contributed by atoms with E-state index in [0.717, 1.165) is 31.7 Å². The molecule has 2 unspecified atom stereocenters. The number of rotatable bonds is 4. The van der Waals surface area contributed by atoms with Crippen molar-refractivity contribution in [3.63, 3.8) is 0 Å². The summed E-state index contributed by atoms with van der Waals surface area (Å²) in [6.07, 6.45) is 2.94. The molecule has 1 saturated heterocycles. The first-order chi connectivity index (χ1) is 8.28. The fraction of sp³-hybridized carbons (Fsp3) is 0.615. The minimum absolute atomic E-state index is 0.0394. The third kappa shape index (κ3) is 3.77. The summed E-state index contributed by atoms with van der Waals surface area (Å²) >= 11 is 0. The van der Waals surface area contributed by atoms with E-state index in [1.165, 1.54) is 0 Å². The van der Waals surface area contributed by atoms with Gasteiger partial charge in [-0.1, -0.05) is 6.07 Å². The topological polar surface area (TPSA) is 45.6 Å². The van der Waals surface area contributed by atoms with Crippen LogP contribution in [0.3, 0.4) is 0 Å². The second kappa shape index (κ2) is 6.10. The van der Waals surface area contributed by atoms with E-state index >= 15 is 0 Å². The normalized spacial score (nSPS) is 26.0. The van der Waals surface area contributed by atoms with Crippen molar-refractivity contribution in [1.29, 1.82) is 0 Å². The van der Waals surface area contributed by atoms with Gasteiger partial charge in [0.15, 0.2) is 0 Å². The summed E-state index contributed by atoms with van der Waals surface area (Å²) in [7, 11) is 0. The minimum atomic E-state index is -0.0394. The zero-order valence-corrected chi connectivity index (χ0v) is 10.2. The van der Waals surface area contributed by atoms with Crippen LogP contribution in [0.4, 0.5) is 0 Å². The van der Waals surface area contributed by atoms with Gasteiger partial charge >= 0.3 is 0 Å². The first kappa shape index (κ1) is 12.5. The van der Waals surface area contributed by atoms with Crippen molar-refractivity contribution in [3.8, 4) is 0 Å². The van der Waals surface area contributed by atoms with Gasteiger partial charge in [0.25, 0.3) is 0 Å². The average Bonchev–Trinajstić information content (AvgIpc) is 2.37. The molecule has 1 aromatic rings. The summed E-state index contributed by atoms with van der Waals surface area (Å²) in [4.78, 5) is 6.65. The number of hydrogen-bond donors (Lipinski definition) is 1. The van der Waals surface area contributed by atoms with Gasteiger partial charge in [0.2, 0.25) is 0 Å². The summed E-state index contributed by atoms with van der Waals surface area (Å²) in [5, 5.41) is 9.15. The van der Waals surface area contributed by atoms with Gasteiger partial charge in [-0.15, -0.1) is 0 Å². The van der Waals surface area contributed by atoms with E-state index in [1.54, 1.807) is 0 Å². The van der Waals surface area contributed by atoms with E-state index in [-0.39, 0.29) is 18.8 Å². The first-order valence-electron chi connectivity index (χ1n) is 6.16. The lowest BCUT2D eigenvalue weighted by atomic mass is 10.2. The van der Waals surface area contributed by atoms with Crippen LogP contribution in [-0.4, -0.2) is 53.4 Å². The number of aliphatic hydroxyl groups is 1. The van der Waals surface area contributed by atoms with E-state index in [1.807, 2.05) is 24.4 Å². The fourth-order valence-corrected chi connectivity index (χ4v) is 2.24. The minimum Gasteiger partial charge on any atom is -0.394 e. The molecule has 1 aliphatic rings. The van der Waals surface area contributed by atoms with Gasteiger partial charge in [0.1, 0.15) is 0 Å². The third-order valence-electron chi connectivity index (χ3n) is 3.02. The van der Waals surface area contributed by atoms with Crippen molar-refractivity contribution in [1.82, 2.24) is 9.88 Å². The Kier molecular flexibility index (Phi) is 4.48. The van der Waals surface area contributed by atoms with Crippen LogP contribution in [0.25, 0.3) is 0 Å². The Labute approximate surface area is 102 Å². The first-order valence-corrected chi connectivity index (χ1v) is 6.16. The molecule has 2 rings (SSSR count). The summed E-state index contributed by atoms with van der Waals surface area (Å²) in [6.45, 7) is 4.87. The van der Waals surface area contributed by atoms with E-state index in [2.05, 4.69) is 16.8 Å². The molecule has 1 aliphatic heterocycles. The predicted molar refractivity (Wildman–Crippen MR) is 65.8 cm³/mol. The molecule has 0 radical (unpaired) electrons. The van der Waals surface area contributed by atoms with Gasteiger partial charge < -0.3 is 9.84 Å². The summed E-state index contributed by atoms with van der Waals surface area (Å²) in [5.74, 6) is 0. The molecule has 0 bridgehead atoms. The third-order valence-corrected chi connectivity index (χ3v) is 3.02. The highest BCUT2D eigenvalue weighted by Gasteiger charge is 2.24. The Balaban J connectivity index is 1.82. The lowest BCUT2D eigenvalue weighted by Gasteiger charge is -2.36. The standard InChI is InChI=1S/C13H20N2O2/c1-11-8-15(9-13(10-16)17-11)7-5-12-4-2-3-6-14-12/h2-4,6,11,13,16H,5,7-10H2,1H3. The molecule has 4 heteroatoms. The molecule has 94 valence electrons. The van der Waals surface area contributed by atoms with Crippen molar-refractivity contribution in [2.45, 2.75) is 25.6 Å². The maximum atomic E-state index is 9.15. The number of ether oxygens (including phenoxy) is 1. The summed E-state index contributed by atoms with van der Waals surface area (Å²) in [5.41, 5.74) is 1.12. The molecule has 1 N–H and O–H groups in total. The Bertz CT molecular complexity index is 331. The van der Waals surface area contributed by atoms with Crippen molar-refractivity contribution in [3.05, 3.63) is 30.1 Å². The monoisotopic (exact) mass is 236 g/mol. The maximum Gasteiger partial charge on any atom is 0.0936 e. The molecule has 0 aliphatic carbocycles. The maximum absolute atomic E-state index is 9.15. The Hall–Kier alpha value is -0.970. The van der Waals surface area contributed by atoms with Gasteiger partial charge in [-0.05, 0) is 19.1 Å². The van der Waals surface area contributed by atoms with Crippen LogP contribution in [0.2, 0.25) is 0 Å². The van der Waals surface area contributed by atoms with Crippen molar-refractivity contribution in [2.24, 2.45) is 0 Å². The molecule has 0 spiro atoms. The van der Waals surface area contributed by atoms with Crippen LogP contribution in [0, 0.1) is 0 Å². The molecule has 4 nitrogen and oxygen atoms in total. The molecule has 0 aromatic carbocycles. The van der Waals surface area contributed by atoms with Crippen molar-refractivity contribution in [2.75, 3.05) is 26.2 Å². The highest BCUT2D eigenvalue weighted by molar-refractivity contribution is 5.03. The molecule has 1 fully saturated rings. The van der Waals surface area contributed by atoms with Gasteiger partial charge in [-0.2, -0.15) is 0 Å². The van der Waals surface area contributed by atoms with Gasteiger partial charge in [0, 0.05) is 37.9 Å². The molecular formula is C13H20N2O2. The second-order valence-electron chi connectivity index (χ2n) is 4.58. The number of pyridine rings is 1. The predicted octanol–water partition coefficient (Wildman–Crippen LogP) is 0.706. The lowest BCUT2D eigenvalue weighted by molar-refractivity contribution is -0.0947. The Morgan fingerprint density at radius 1 is 1.47 bits per heavy atom. The Morgan fingerprint density at radius 3 is 3.06 bits per heavy atom. The van der Waals surface area contributed by atoms with E-state index < -0.39 is 0 Å². The van der Waals surface area contributed by atoms with Crippen LogP contribution < -0.4 is 0 Å². The van der Waals surface area contributed by atoms with Crippen LogP contribution in [0.5, 0.6) is 0 Å². The smallest absolute Gasteiger partial charge is 0.0936 e. The zero-order chi connectivity index (χ0) is 12.1. The van der Waals surface area contributed by atoms with Crippen molar-refractivity contribution < 1.29 is 9.84 Å².